The van der Waals surface area contributed by atoms with Crippen LogP contribution in [-0.4, -0.2) is 18.0 Å². The normalized spacial score (nSPS) is 16.8. The van der Waals surface area contributed by atoms with Gasteiger partial charge < -0.3 is 11.1 Å². The molecule has 1 fully saturated rings. The molecule has 1 aromatic carbocycles. The summed E-state index contributed by atoms with van der Waals surface area (Å²) in [7, 11) is 0. The van der Waals surface area contributed by atoms with E-state index in [-0.39, 0.29) is 23.9 Å². The number of hydrogen-bond donors (Lipinski definition) is 2. The van der Waals surface area contributed by atoms with Gasteiger partial charge in [-0.3, -0.25) is 4.79 Å². The quantitative estimate of drug-likeness (QED) is 0.896. The van der Waals surface area contributed by atoms with E-state index in [0.29, 0.717) is 6.54 Å². The number of benzene rings is 1. The number of hydrogen-bond acceptors (Lipinski definition) is 2. The molecule has 0 unspecified atom stereocenters. The molecule has 2 rings (SSSR count). The molecule has 1 saturated carbocycles. The third-order valence-electron chi connectivity index (χ3n) is 3.96. The number of nitrogens with one attached hydrogen (secondary N) is 1. The predicted molar refractivity (Wildman–Crippen MR) is 80.9 cm³/mol. The summed E-state index contributed by atoms with van der Waals surface area (Å²) >= 11 is 0. The first kappa shape index (κ1) is 16.0. The third kappa shape index (κ3) is 3.48. The Morgan fingerprint density at radius 2 is 1.95 bits per heavy atom. The van der Waals surface area contributed by atoms with Crippen molar-refractivity contribution in [2.75, 3.05) is 6.54 Å². The number of carbonyl (C=O) groups is 1. The van der Waals surface area contributed by atoms with Crippen molar-refractivity contribution in [1.29, 1.82) is 0 Å². The van der Waals surface area contributed by atoms with Crippen molar-refractivity contribution in [3.05, 3.63) is 34.9 Å². The summed E-state index contributed by atoms with van der Waals surface area (Å²) in [6.07, 6.45) is 4.31. The smallest absolute Gasteiger partial charge is 0.252 e. The minimum Gasteiger partial charge on any atom is -0.345 e. The van der Waals surface area contributed by atoms with Crippen LogP contribution in [0.25, 0.3) is 0 Å². The minimum absolute atomic E-state index is 0. The highest BCUT2D eigenvalue weighted by Crippen LogP contribution is 2.29. The van der Waals surface area contributed by atoms with Crippen molar-refractivity contribution in [3.8, 4) is 0 Å². The molecule has 0 aromatic heterocycles. The van der Waals surface area contributed by atoms with E-state index in [1.165, 1.54) is 5.56 Å². The first-order valence-corrected chi connectivity index (χ1v) is 6.66. The van der Waals surface area contributed by atoms with Gasteiger partial charge in [-0.15, -0.1) is 12.4 Å². The second kappa shape index (κ2) is 6.40. The van der Waals surface area contributed by atoms with Crippen LogP contribution in [0.2, 0.25) is 0 Å². The Hall–Kier alpha value is -1.06. The first-order valence-electron chi connectivity index (χ1n) is 6.66. The van der Waals surface area contributed by atoms with E-state index < -0.39 is 0 Å². The zero-order valence-corrected chi connectivity index (χ0v) is 12.5. The lowest BCUT2D eigenvalue weighted by molar-refractivity contribution is 0.0902. The summed E-state index contributed by atoms with van der Waals surface area (Å²) in [5.74, 6) is 0.0138. The fourth-order valence-corrected chi connectivity index (χ4v) is 2.81. The lowest BCUT2D eigenvalue weighted by Gasteiger charge is -2.29. The highest BCUT2D eigenvalue weighted by molar-refractivity contribution is 5.96. The molecule has 1 aromatic rings. The molecule has 1 aliphatic rings. The molecule has 106 valence electrons. The summed E-state index contributed by atoms with van der Waals surface area (Å²) in [6.45, 7) is 4.54. The van der Waals surface area contributed by atoms with E-state index in [1.807, 2.05) is 32.0 Å². The van der Waals surface area contributed by atoms with Crippen molar-refractivity contribution >= 4 is 18.3 Å². The zero-order chi connectivity index (χ0) is 13.2. The average Bonchev–Trinajstić information content (AvgIpc) is 2.78. The number of amides is 1. The Morgan fingerprint density at radius 1 is 1.32 bits per heavy atom. The van der Waals surface area contributed by atoms with Crippen molar-refractivity contribution in [2.24, 2.45) is 5.73 Å². The lowest BCUT2D eigenvalue weighted by atomic mass is 9.96. The summed E-state index contributed by atoms with van der Waals surface area (Å²) < 4.78 is 0. The molecular formula is C15H23ClN2O. The molecule has 19 heavy (non-hydrogen) atoms. The van der Waals surface area contributed by atoms with E-state index in [0.717, 1.165) is 36.8 Å². The monoisotopic (exact) mass is 282 g/mol. The second-order valence-electron chi connectivity index (χ2n) is 5.46. The Morgan fingerprint density at radius 3 is 2.47 bits per heavy atom. The van der Waals surface area contributed by atoms with Gasteiger partial charge >= 0.3 is 0 Å². The maximum atomic E-state index is 12.3. The van der Waals surface area contributed by atoms with Crippen molar-refractivity contribution < 1.29 is 4.79 Å². The number of rotatable bonds is 3. The fraction of sp³-hybridized carbons (Fsp3) is 0.533. The molecule has 0 spiro atoms. The number of nitrogens with two attached hydrogens (primary N) is 1. The SMILES string of the molecule is Cc1ccc(C(=O)NC2(CN)CCCC2)c(C)c1.Cl. The fourth-order valence-electron chi connectivity index (χ4n) is 2.81. The average molecular weight is 283 g/mol. The summed E-state index contributed by atoms with van der Waals surface area (Å²) in [4.78, 5) is 12.3. The van der Waals surface area contributed by atoms with Gasteiger partial charge in [0.2, 0.25) is 0 Å². The van der Waals surface area contributed by atoms with Crippen LogP contribution in [-0.2, 0) is 0 Å². The van der Waals surface area contributed by atoms with Crippen LogP contribution in [0.4, 0.5) is 0 Å². The Labute approximate surface area is 121 Å². The molecule has 1 amide bonds. The third-order valence-corrected chi connectivity index (χ3v) is 3.96. The van der Waals surface area contributed by atoms with Gasteiger partial charge in [0.1, 0.15) is 0 Å². The van der Waals surface area contributed by atoms with Crippen LogP contribution in [0.1, 0.15) is 47.2 Å². The lowest BCUT2D eigenvalue weighted by Crippen LogP contribution is -2.51. The first-order chi connectivity index (χ1) is 8.56. The van der Waals surface area contributed by atoms with Crippen LogP contribution in [0.5, 0.6) is 0 Å². The van der Waals surface area contributed by atoms with Crippen molar-refractivity contribution in [3.63, 3.8) is 0 Å². The standard InChI is InChI=1S/C15H22N2O.ClH/c1-11-5-6-13(12(2)9-11)14(18)17-15(10-16)7-3-4-8-15;/h5-6,9H,3-4,7-8,10,16H2,1-2H3,(H,17,18);1H. The molecule has 0 aliphatic heterocycles. The number of aryl methyl sites for hydroxylation is 2. The van der Waals surface area contributed by atoms with E-state index >= 15 is 0 Å². The number of halogens is 1. The van der Waals surface area contributed by atoms with E-state index in [2.05, 4.69) is 5.32 Å². The highest BCUT2D eigenvalue weighted by atomic mass is 35.5. The topological polar surface area (TPSA) is 55.1 Å². The van der Waals surface area contributed by atoms with Crippen molar-refractivity contribution in [2.45, 2.75) is 45.1 Å². The molecule has 0 heterocycles. The van der Waals surface area contributed by atoms with Gasteiger partial charge in [0, 0.05) is 12.1 Å². The van der Waals surface area contributed by atoms with Gasteiger partial charge in [-0.05, 0) is 38.3 Å². The van der Waals surface area contributed by atoms with Gasteiger partial charge in [0.25, 0.3) is 5.91 Å². The highest BCUT2D eigenvalue weighted by Gasteiger charge is 2.34. The van der Waals surface area contributed by atoms with Crippen molar-refractivity contribution in [1.82, 2.24) is 5.32 Å². The largest absolute Gasteiger partial charge is 0.345 e. The number of carbonyl (C=O) groups excluding carboxylic acids is 1. The van der Waals surface area contributed by atoms with Gasteiger partial charge in [-0.1, -0.05) is 30.5 Å². The molecule has 0 atom stereocenters. The van der Waals surface area contributed by atoms with Gasteiger partial charge in [-0.2, -0.15) is 0 Å². The van der Waals surface area contributed by atoms with E-state index in [4.69, 9.17) is 5.73 Å². The van der Waals surface area contributed by atoms with Crippen LogP contribution < -0.4 is 11.1 Å². The Balaban J connectivity index is 0.00000180. The van der Waals surface area contributed by atoms with Gasteiger partial charge in [-0.25, -0.2) is 0 Å². The second-order valence-corrected chi connectivity index (χ2v) is 5.46. The molecule has 0 saturated heterocycles. The molecule has 3 N–H and O–H groups in total. The molecule has 0 radical (unpaired) electrons. The molecule has 4 heteroatoms. The van der Waals surface area contributed by atoms with Crippen LogP contribution in [0.15, 0.2) is 18.2 Å². The molecule has 1 aliphatic carbocycles. The summed E-state index contributed by atoms with van der Waals surface area (Å²) in [6, 6.07) is 5.92. The molecule has 0 bridgehead atoms. The van der Waals surface area contributed by atoms with E-state index in [1.54, 1.807) is 0 Å². The van der Waals surface area contributed by atoms with Crippen LogP contribution in [0, 0.1) is 13.8 Å². The van der Waals surface area contributed by atoms with E-state index in [9.17, 15) is 4.79 Å². The maximum absolute atomic E-state index is 12.3. The van der Waals surface area contributed by atoms with Gasteiger partial charge in [0.15, 0.2) is 0 Å². The van der Waals surface area contributed by atoms with Crippen LogP contribution >= 0.6 is 12.4 Å². The maximum Gasteiger partial charge on any atom is 0.252 e. The molecular weight excluding hydrogens is 260 g/mol. The van der Waals surface area contributed by atoms with Crippen LogP contribution in [0.3, 0.4) is 0 Å². The van der Waals surface area contributed by atoms with Gasteiger partial charge in [0.05, 0.1) is 5.54 Å². The summed E-state index contributed by atoms with van der Waals surface area (Å²) in [5, 5.41) is 3.15. The molecule has 3 nitrogen and oxygen atoms in total. The minimum atomic E-state index is -0.172. The Bertz CT molecular complexity index is 453. The summed E-state index contributed by atoms with van der Waals surface area (Å²) in [5.41, 5.74) is 8.64. The Kier molecular flexibility index (Phi) is 5.39. The zero-order valence-electron chi connectivity index (χ0n) is 11.7. The predicted octanol–water partition coefficient (Wildman–Crippen LogP) is 2.73.